The lowest BCUT2D eigenvalue weighted by molar-refractivity contribution is -0.123. The van der Waals surface area contributed by atoms with E-state index in [-0.39, 0.29) is 24.9 Å². The predicted molar refractivity (Wildman–Crippen MR) is 76.5 cm³/mol. The Bertz CT molecular complexity index is 477. The van der Waals surface area contributed by atoms with Crippen LogP contribution in [0.1, 0.15) is 0 Å². The molecule has 19 heavy (non-hydrogen) atoms. The predicted octanol–water partition coefficient (Wildman–Crippen LogP) is 0.419. The van der Waals surface area contributed by atoms with Gasteiger partial charge in [-0.05, 0) is 18.2 Å². The number of hydrogen-bond acceptors (Lipinski definition) is 4. The van der Waals surface area contributed by atoms with Crippen molar-refractivity contribution in [1.29, 1.82) is 0 Å². The average Bonchev–Trinajstić information content (AvgIpc) is 2.35. The van der Waals surface area contributed by atoms with Crippen LogP contribution in [0.4, 0.5) is 11.4 Å². The van der Waals surface area contributed by atoms with Gasteiger partial charge in [-0.25, -0.2) is 0 Å². The van der Waals surface area contributed by atoms with Crippen LogP contribution in [0.5, 0.6) is 0 Å². The van der Waals surface area contributed by atoms with Crippen LogP contribution in [0.25, 0.3) is 0 Å². The fourth-order valence-corrected chi connectivity index (χ4v) is 1.62. The molecule has 0 aliphatic heterocycles. The first-order valence-electron chi connectivity index (χ1n) is 5.67. The first kappa shape index (κ1) is 15.3. The van der Waals surface area contributed by atoms with Crippen molar-refractivity contribution in [3.8, 4) is 0 Å². The molecule has 1 rings (SSSR count). The van der Waals surface area contributed by atoms with Gasteiger partial charge >= 0.3 is 0 Å². The van der Waals surface area contributed by atoms with Crippen molar-refractivity contribution in [2.45, 2.75) is 0 Å². The van der Waals surface area contributed by atoms with Crippen molar-refractivity contribution in [1.82, 2.24) is 5.32 Å². The van der Waals surface area contributed by atoms with Gasteiger partial charge in [-0.1, -0.05) is 11.6 Å². The summed E-state index contributed by atoms with van der Waals surface area (Å²) in [6.45, 7) is -0.275. The Kier molecular flexibility index (Phi) is 5.59. The van der Waals surface area contributed by atoms with E-state index in [0.717, 1.165) is 5.69 Å². The van der Waals surface area contributed by atoms with Crippen LogP contribution in [0.15, 0.2) is 18.2 Å². The van der Waals surface area contributed by atoms with Gasteiger partial charge in [0.15, 0.2) is 0 Å². The van der Waals surface area contributed by atoms with Crippen LogP contribution in [-0.4, -0.2) is 39.0 Å². The summed E-state index contributed by atoms with van der Waals surface area (Å²) in [5, 5.41) is 5.60. The molecule has 1 aromatic rings. The molecule has 0 aromatic heterocycles. The molecule has 0 spiro atoms. The van der Waals surface area contributed by atoms with E-state index in [4.69, 9.17) is 17.3 Å². The Morgan fingerprint density at radius 1 is 1.32 bits per heavy atom. The van der Waals surface area contributed by atoms with Crippen LogP contribution in [0, 0.1) is 0 Å². The van der Waals surface area contributed by atoms with Gasteiger partial charge in [0.25, 0.3) is 0 Å². The average molecular weight is 285 g/mol. The molecule has 0 saturated carbocycles. The van der Waals surface area contributed by atoms with Crippen LogP contribution in [0.3, 0.4) is 0 Å². The summed E-state index contributed by atoms with van der Waals surface area (Å²) in [5.41, 5.74) is 6.54. The van der Waals surface area contributed by atoms with Crippen molar-refractivity contribution in [2.24, 2.45) is 5.73 Å². The third kappa shape index (κ3) is 4.76. The molecule has 0 bridgehead atoms. The standard InChI is InChI=1S/C12H17ClN4O2/c1-17(2)10-4-3-8(13)5-9(10)16-12(19)7-15-11(18)6-14/h3-5H,6-7,14H2,1-2H3,(H,15,18)(H,16,19). The van der Waals surface area contributed by atoms with Crippen LogP contribution in [0.2, 0.25) is 5.02 Å². The first-order valence-corrected chi connectivity index (χ1v) is 6.05. The zero-order valence-electron chi connectivity index (χ0n) is 10.9. The van der Waals surface area contributed by atoms with E-state index in [0.29, 0.717) is 10.7 Å². The molecule has 104 valence electrons. The Hall–Kier alpha value is -1.79. The van der Waals surface area contributed by atoms with Gasteiger partial charge in [0, 0.05) is 19.1 Å². The molecular formula is C12H17ClN4O2. The molecule has 0 fully saturated rings. The van der Waals surface area contributed by atoms with Gasteiger partial charge in [-0.2, -0.15) is 0 Å². The summed E-state index contributed by atoms with van der Waals surface area (Å²) in [5.74, 6) is -0.721. The Morgan fingerprint density at radius 3 is 2.58 bits per heavy atom. The van der Waals surface area contributed by atoms with E-state index in [1.165, 1.54) is 0 Å². The minimum Gasteiger partial charge on any atom is -0.376 e. The molecule has 1 aromatic carbocycles. The monoisotopic (exact) mass is 284 g/mol. The van der Waals surface area contributed by atoms with E-state index < -0.39 is 0 Å². The fraction of sp³-hybridized carbons (Fsp3) is 0.333. The summed E-state index contributed by atoms with van der Waals surface area (Å²) < 4.78 is 0. The maximum atomic E-state index is 11.7. The van der Waals surface area contributed by atoms with E-state index >= 15 is 0 Å². The molecule has 2 amide bonds. The number of carbonyl (C=O) groups excluding carboxylic acids is 2. The number of carbonyl (C=O) groups is 2. The third-order valence-electron chi connectivity index (χ3n) is 2.35. The Balaban J connectivity index is 2.73. The highest BCUT2D eigenvalue weighted by atomic mass is 35.5. The summed E-state index contributed by atoms with van der Waals surface area (Å²) >= 11 is 5.90. The number of amides is 2. The van der Waals surface area contributed by atoms with Gasteiger partial charge in [0.05, 0.1) is 24.5 Å². The first-order chi connectivity index (χ1) is 8.93. The van der Waals surface area contributed by atoms with Gasteiger partial charge in [0.2, 0.25) is 11.8 Å². The smallest absolute Gasteiger partial charge is 0.243 e. The minimum atomic E-state index is -0.380. The summed E-state index contributed by atoms with van der Waals surface area (Å²) in [7, 11) is 3.71. The highest BCUT2D eigenvalue weighted by Gasteiger charge is 2.10. The van der Waals surface area contributed by atoms with E-state index in [2.05, 4.69) is 10.6 Å². The lowest BCUT2D eigenvalue weighted by Crippen LogP contribution is -2.36. The van der Waals surface area contributed by atoms with Gasteiger partial charge in [-0.3, -0.25) is 9.59 Å². The van der Waals surface area contributed by atoms with Gasteiger partial charge in [0.1, 0.15) is 0 Å². The number of rotatable bonds is 5. The molecule has 4 N–H and O–H groups in total. The van der Waals surface area contributed by atoms with Crippen molar-refractivity contribution in [3.05, 3.63) is 23.2 Å². The highest BCUT2D eigenvalue weighted by Crippen LogP contribution is 2.27. The summed E-state index contributed by atoms with van der Waals surface area (Å²) in [4.78, 5) is 24.5. The maximum Gasteiger partial charge on any atom is 0.243 e. The summed E-state index contributed by atoms with van der Waals surface area (Å²) in [6, 6.07) is 5.19. The van der Waals surface area contributed by atoms with Crippen LogP contribution >= 0.6 is 11.6 Å². The lowest BCUT2D eigenvalue weighted by atomic mass is 10.2. The molecule has 0 saturated heterocycles. The second-order valence-electron chi connectivity index (χ2n) is 4.08. The van der Waals surface area contributed by atoms with Crippen molar-refractivity contribution in [2.75, 3.05) is 37.4 Å². The van der Waals surface area contributed by atoms with E-state index in [1.54, 1.807) is 18.2 Å². The molecule has 0 atom stereocenters. The van der Waals surface area contributed by atoms with Crippen LogP contribution < -0.4 is 21.3 Å². The molecule has 7 heteroatoms. The highest BCUT2D eigenvalue weighted by molar-refractivity contribution is 6.31. The molecule has 0 radical (unpaired) electrons. The molecule has 0 aliphatic rings. The number of nitrogens with one attached hydrogen (secondary N) is 2. The normalized spacial score (nSPS) is 9.89. The lowest BCUT2D eigenvalue weighted by Gasteiger charge is -2.18. The number of halogens is 1. The molecule has 0 aliphatic carbocycles. The zero-order valence-corrected chi connectivity index (χ0v) is 11.6. The second kappa shape index (κ2) is 6.96. The molecular weight excluding hydrogens is 268 g/mol. The topological polar surface area (TPSA) is 87.5 Å². The molecule has 6 nitrogen and oxygen atoms in total. The quantitative estimate of drug-likeness (QED) is 0.731. The van der Waals surface area contributed by atoms with Crippen molar-refractivity contribution >= 4 is 34.8 Å². The fourth-order valence-electron chi connectivity index (χ4n) is 1.44. The molecule has 0 unspecified atom stereocenters. The number of hydrogen-bond donors (Lipinski definition) is 3. The number of anilines is 2. The van der Waals surface area contributed by atoms with Gasteiger partial charge < -0.3 is 21.3 Å². The summed E-state index contributed by atoms with van der Waals surface area (Å²) in [6.07, 6.45) is 0. The zero-order chi connectivity index (χ0) is 14.4. The van der Waals surface area contributed by atoms with Crippen LogP contribution in [-0.2, 0) is 9.59 Å². The minimum absolute atomic E-state index is 0.130. The SMILES string of the molecule is CN(C)c1ccc(Cl)cc1NC(=O)CNC(=O)CN. The van der Waals surface area contributed by atoms with Gasteiger partial charge in [-0.15, -0.1) is 0 Å². The Labute approximate surface area is 116 Å². The second-order valence-corrected chi connectivity index (χ2v) is 4.52. The molecule has 0 heterocycles. The van der Waals surface area contributed by atoms with E-state index in [1.807, 2.05) is 19.0 Å². The number of nitrogens with two attached hydrogens (primary N) is 1. The van der Waals surface area contributed by atoms with E-state index in [9.17, 15) is 9.59 Å². The number of benzene rings is 1. The Morgan fingerprint density at radius 2 is 2.00 bits per heavy atom. The largest absolute Gasteiger partial charge is 0.376 e. The third-order valence-corrected chi connectivity index (χ3v) is 2.58. The van der Waals surface area contributed by atoms with Crippen molar-refractivity contribution < 1.29 is 9.59 Å². The van der Waals surface area contributed by atoms with Crippen molar-refractivity contribution in [3.63, 3.8) is 0 Å². The number of nitrogens with zero attached hydrogens (tertiary/aromatic N) is 1. The maximum absolute atomic E-state index is 11.7.